The molecule has 0 amide bonds. The average molecular weight is 359 g/mol. The molecule has 0 spiro atoms. The summed E-state index contributed by atoms with van der Waals surface area (Å²) in [7, 11) is 0. The number of aliphatic hydroxyl groups excluding tert-OH is 1. The zero-order chi connectivity index (χ0) is 13.2. The number of piperidine rings is 1. The second-order valence-corrected chi connectivity index (χ2v) is 7.99. The van der Waals surface area contributed by atoms with Crippen LogP contribution in [0.25, 0.3) is 10.6 Å². The molecule has 1 atom stereocenters. The fourth-order valence-corrected chi connectivity index (χ4v) is 4.85. The number of thiazole rings is 1. The molecular weight excluding hydrogens is 344 g/mol. The Kier molecular flexibility index (Phi) is 4.34. The van der Waals surface area contributed by atoms with Crippen LogP contribution in [0.3, 0.4) is 0 Å². The van der Waals surface area contributed by atoms with Crippen molar-refractivity contribution >= 4 is 38.6 Å². The summed E-state index contributed by atoms with van der Waals surface area (Å²) >= 11 is 6.90. The molecule has 1 fully saturated rings. The van der Waals surface area contributed by atoms with Crippen molar-refractivity contribution in [3.05, 3.63) is 26.3 Å². The minimum atomic E-state index is 0.129. The van der Waals surface area contributed by atoms with Gasteiger partial charge in [-0.25, -0.2) is 4.98 Å². The molecule has 1 saturated heterocycles. The number of hydrogen-bond donors (Lipinski definition) is 1. The lowest BCUT2D eigenvalue weighted by Crippen LogP contribution is -2.33. The van der Waals surface area contributed by atoms with Crippen LogP contribution < -0.4 is 0 Å². The summed E-state index contributed by atoms with van der Waals surface area (Å²) in [5.74, 6) is 0. The standard InChI is InChI=1S/C13H15BrN2OS2/c14-12-5-4-11(19-12)9-7-18-13(15-9)10-3-1-2-6-16(10)8-17/h4-5,7,10,17H,1-3,6,8H2/t10-/m1/s1. The van der Waals surface area contributed by atoms with E-state index in [2.05, 4.69) is 38.3 Å². The molecule has 0 aliphatic carbocycles. The van der Waals surface area contributed by atoms with E-state index in [0.717, 1.165) is 27.5 Å². The van der Waals surface area contributed by atoms with Crippen molar-refractivity contribution in [3.63, 3.8) is 0 Å². The van der Waals surface area contributed by atoms with Gasteiger partial charge in [0.15, 0.2) is 0 Å². The maximum atomic E-state index is 9.45. The molecule has 3 rings (SSSR count). The fraction of sp³-hybridized carbons (Fsp3) is 0.462. The molecule has 1 aliphatic rings. The van der Waals surface area contributed by atoms with Crippen molar-refractivity contribution in [2.75, 3.05) is 13.3 Å². The molecule has 6 heteroatoms. The molecule has 0 aromatic carbocycles. The highest BCUT2D eigenvalue weighted by Crippen LogP contribution is 2.36. The maximum Gasteiger partial charge on any atom is 0.111 e. The van der Waals surface area contributed by atoms with E-state index in [4.69, 9.17) is 4.98 Å². The fourth-order valence-electron chi connectivity index (χ4n) is 2.45. The number of hydrogen-bond acceptors (Lipinski definition) is 5. The molecular formula is C13H15BrN2OS2. The van der Waals surface area contributed by atoms with E-state index in [-0.39, 0.29) is 6.73 Å². The van der Waals surface area contributed by atoms with Gasteiger partial charge in [0.2, 0.25) is 0 Å². The summed E-state index contributed by atoms with van der Waals surface area (Å²) in [6.07, 6.45) is 3.50. The van der Waals surface area contributed by atoms with Gasteiger partial charge in [0.1, 0.15) is 5.01 Å². The summed E-state index contributed by atoms with van der Waals surface area (Å²) in [5, 5.41) is 12.7. The number of aromatic nitrogens is 1. The summed E-state index contributed by atoms with van der Waals surface area (Å²) in [6.45, 7) is 1.10. The van der Waals surface area contributed by atoms with Gasteiger partial charge < -0.3 is 5.11 Å². The van der Waals surface area contributed by atoms with Gasteiger partial charge in [0, 0.05) is 11.9 Å². The number of likely N-dealkylation sites (tertiary alicyclic amines) is 1. The molecule has 0 saturated carbocycles. The van der Waals surface area contributed by atoms with E-state index in [1.165, 1.54) is 17.7 Å². The number of rotatable bonds is 3. The van der Waals surface area contributed by atoms with Crippen LogP contribution in [0.4, 0.5) is 0 Å². The van der Waals surface area contributed by atoms with Gasteiger partial charge in [0.05, 0.1) is 27.1 Å². The first-order valence-electron chi connectivity index (χ1n) is 6.34. The lowest BCUT2D eigenvalue weighted by molar-refractivity contribution is 0.0435. The Morgan fingerprint density at radius 1 is 1.42 bits per heavy atom. The molecule has 3 heterocycles. The van der Waals surface area contributed by atoms with E-state index in [0.29, 0.717) is 6.04 Å². The molecule has 0 unspecified atom stereocenters. The van der Waals surface area contributed by atoms with Gasteiger partial charge in [-0.15, -0.1) is 22.7 Å². The highest BCUT2D eigenvalue weighted by atomic mass is 79.9. The highest BCUT2D eigenvalue weighted by Gasteiger charge is 2.25. The predicted octanol–water partition coefficient (Wildman–Crippen LogP) is 4.11. The third kappa shape index (κ3) is 2.92. The predicted molar refractivity (Wildman–Crippen MR) is 83.5 cm³/mol. The van der Waals surface area contributed by atoms with E-state index in [1.54, 1.807) is 22.7 Å². The zero-order valence-electron chi connectivity index (χ0n) is 10.4. The van der Waals surface area contributed by atoms with Crippen LogP contribution in [0.5, 0.6) is 0 Å². The smallest absolute Gasteiger partial charge is 0.111 e. The number of thiophene rings is 1. The van der Waals surface area contributed by atoms with E-state index in [1.807, 2.05) is 0 Å². The lowest BCUT2D eigenvalue weighted by Gasteiger charge is -2.32. The van der Waals surface area contributed by atoms with Gasteiger partial charge in [-0.1, -0.05) is 6.42 Å². The summed E-state index contributed by atoms with van der Waals surface area (Å²) in [6, 6.07) is 4.44. The SMILES string of the molecule is OCN1CCCC[C@@H]1c1nc(-c2ccc(Br)s2)cs1. The van der Waals surface area contributed by atoms with Gasteiger partial charge in [-0.05, 0) is 40.9 Å². The highest BCUT2D eigenvalue weighted by molar-refractivity contribution is 9.11. The van der Waals surface area contributed by atoms with Gasteiger partial charge in [0.25, 0.3) is 0 Å². The molecule has 0 bridgehead atoms. The number of nitrogens with zero attached hydrogens (tertiary/aromatic N) is 2. The largest absolute Gasteiger partial charge is 0.381 e. The van der Waals surface area contributed by atoms with E-state index >= 15 is 0 Å². The second-order valence-electron chi connectivity index (χ2n) is 4.64. The van der Waals surface area contributed by atoms with Crippen molar-refractivity contribution in [1.29, 1.82) is 0 Å². The Hall–Kier alpha value is -0.270. The molecule has 0 radical (unpaired) electrons. The molecule has 3 nitrogen and oxygen atoms in total. The maximum absolute atomic E-state index is 9.45. The number of aliphatic hydroxyl groups is 1. The molecule has 2 aromatic rings. The van der Waals surface area contributed by atoms with Crippen molar-refractivity contribution in [2.24, 2.45) is 0 Å². The second kappa shape index (κ2) is 6.01. The van der Waals surface area contributed by atoms with Gasteiger partial charge in [-0.3, -0.25) is 4.90 Å². The van der Waals surface area contributed by atoms with Crippen LogP contribution in [0.1, 0.15) is 30.3 Å². The van der Waals surface area contributed by atoms with Crippen LogP contribution in [-0.2, 0) is 0 Å². The Labute approximate surface area is 129 Å². The van der Waals surface area contributed by atoms with Gasteiger partial charge in [-0.2, -0.15) is 0 Å². The summed E-state index contributed by atoms with van der Waals surface area (Å²) < 4.78 is 1.13. The third-order valence-corrected chi connectivity index (χ3v) is 6.02. The molecule has 1 aliphatic heterocycles. The van der Waals surface area contributed by atoms with Crippen molar-refractivity contribution in [1.82, 2.24) is 9.88 Å². The van der Waals surface area contributed by atoms with Crippen LogP contribution in [0.15, 0.2) is 21.3 Å². The minimum absolute atomic E-state index is 0.129. The Morgan fingerprint density at radius 3 is 3.05 bits per heavy atom. The Bertz CT molecular complexity index is 554. The first-order chi connectivity index (χ1) is 9.28. The topological polar surface area (TPSA) is 36.4 Å². The number of halogens is 1. The lowest BCUT2D eigenvalue weighted by atomic mass is 10.0. The van der Waals surface area contributed by atoms with Gasteiger partial charge >= 0.3 is 0 Å². The molecule has 102 valence electrons. The summed E-state index contributed by atoms with van der Waals surface area (Å²) in [5.41, 5.74) is 1.05. The zero-order valence-corrected chi connectivity index (χ0v) is 13.6. The normalized spacial score (nSPS) is 20.8. The van der Waals surface area contributed by atoms with E-state index in [9.17, 15) is 5.11 Å². The first kappa shape index (κ1) is 13.7. The van der Waals surface area contributed by atoms with Crippen molar-refractivity contribution in [2.45, 2.75) is 25.3 Å². The van der Waals surface area contributed by atoms with Crippen LogP contribution >= 0.6 is 38.6 Å². The molecule has 19 heavy (non-hydrogen) atoms. The van der Waals surface area contributed by atoms with E-state index < -0.39 is 0 Å². The molecule has 1 N–H and O–H groups in total. The van der Waals surface area contributed by atoms with Crippen molar-refractivity contribution in [3.8, 4) is 10.6 Å². The Morgan fingerprint density at radius 2 is 2.32 bits per heavy atom. The first-order valence-corrected chi connectivity index (χ1v) is 8.83. The molecule has 2 aromatic heterocycles. The minimum Gasteiger partial charge on any atom is -0.381 e. The van der Waals surface area contributed by atoms with Crippen LogP contribution in [0, 0.1) is 0 Å². The van der Waals surface area contributed by atoms with Crippen LogP contribution in [0.2, 0.25) is 0 Å². The Balaban J connectivity index is 1.84. The average Bonchev–Trinajstić information content (AvgIpc) is 3.07. The quantitative estimate of drug-likeness (QED) is 0.896. The monoisotopic (exact) mass is 358 g/mol. The summed E-state index contributed by atoms with van der Waals surface area (Å²) in [4.78, 5) is 8.09. The third-order valence-electron chi connectivity index (χ3n) is 3.43. The van der Waals surface area contributed by atoms with Crippen molar-refractivity contribution < 1.29 is 5.11 Å². The van der Waals surface area contributed by atoms with Crippen LogP contribution in [-0.4, -0.2) is 28.3 Å².